The van der Waals surface area contributed by atoms with Crippen LogP contribution in [0.4, 0.5) is 0 Å². The Labute approximate surface area is 192 Å². The lowest BCUT2D eigenvalue weighted by atomic mass is 10.0. The highest BCUT2D eigenvalue weighted by atomic mass is 79.9. The number of halogens is 1. The molecule has 0 unspecified atom stereocenters. The van der Waals surface area contributed by atoms with Crippen molar-refractivity contribution in [2.24, 2.45) is 5.10 Å². The van der Waals surface area contributed by atoms with Gasteiger partial charge in [0.05, 0.1) is 24.2 Å². The first kappa shape index (κ1) is 21.7. The van der Waals surface area contributed by atoms with Crippen LogP contribution in [-0.2, 0) is 9.53 Å². The van der Waals surface area contributed by atoms with Crippen molar-refractivity contribution in [3.63, 3.8) is 0 Å². The molecule has 162 valence electrons. The minimum atomic E-state index is -0.808. The molecule has 0 amide bonds. The van der Waals surface area contributed by atoms with Gasteiger partial charge >= 0.3 is 5.97 Å². The molecule has 0 saturated carbocycles. The fourth-order valence-corrected chi connectivity index (χ4v) is 3.79. The average molecular weight is 494 g/mol. The Morgan fingerprint density at radius 2 is 1.94 bits per heavy atom. The van der Waals surface area contributed by atoms with Crippen LogP contribution in [0.1, 0.15) is 18.3 Å². The summed E-state index contributed by atoms with van der Waals surface area (Å²) in [6.07, 6.45) is 0.749. The first-order chi connectivity index (χ1) is 15.4. The van der Waals surface area contributed by atoms with Gasteiger partial charge in [-0.1, -0.05) is 46.3 Å². The van der Waals surface area contributed by atoms with Crippen LogP contribution in [0.25, 0.3) is 21.7 Å². The molecule has 4 aromatic rings. The molecular formula is C24H20BrN3O4. The molecule has 7 nitrogen and oxygen atoms in total. The molecule has 0 saturated heterocycles. The summed E-state index contributed by atoms with van der Waals surface area (Å²) in [5.74, 6) is 0.414. The minimum Gasteiger partial charge on any atom is -0.478 e. The molecule has 0 fully saturated rings. The monoisotopic (exact) mass is 493 g/mol. The highest BCUT2D eigenvalue weighted by molar-refractivity contribution is 9.10. The van der Waals surface area contributed by atoms with E-state index < -0.39 is 12.1 Å². The Bertz CT molecular complexity index is 1430. The maximum Gasteiger partial charge on any atom is 0.346 e. The Morgan fingerprint density at radius 1 is 1.16 bits per heavy atom. The summed E-state index contributed by atoms with van der Waals surface area (Å²) in [5, 5.41) is 6.74. The van der Waals surface area contributed by atoms with Crippen molar-refractivity contribution < 1.29 is 14.3 Å². The van der Waals surface area contributed by atoms with Crippen LogP contribution in [0.5, 0.6) is 5.75 Å². The van der Waals surface area contributed by atoms with Gasteiger partial charge in [0.1, 0.15) is 11.6 Å². The Hall–Kier alpha value is -3.52. The van der Waals surface area contributed by atoms with E-state index in [1.54, 1.807) is 38.3 Å². The number of methoxy groups -OCH3 is 1. The number of rotatable bonds is 5. The molecule has 1 aromatic heterocycles. The summed E-state index contributed by atoms with van der Waals surface area (Å²) in [6.45, 7) is 3.34. The lowest BCUT2D eigenvalue weighted by molar-refractivity contribution is -0.147. The number of carbonyl (C=O) groups is 1. The van der Waals surface area contributed by atoms with Crippen molar-refractivity contribution >= 4 is 49.8 Å². The van der Waals surface area contributed by atoms with Crippen LogP contribution < -0.4 is 10.3 Å². The summed E-state index contributed by atoms with van der Waals surface area (Å²) >= 11 is 3.39. The van der Waals surface area contributed by atoms with Crippen molar-refractivity contribution in [3.8, 4) is 5.75 Å². The Kier molecular flexibility index (Phi) is 6.05. The van der Waals surface area contributed by atoms with Crippen LogP contribution >= 0.6 is 15.9 Å². The number of nitrogens with zero attached hydrogens (tertiary/aromatic N) is 3. The normalized spacial score (nSPS) is 12.4. The Balaban J connectivity index is 1.86. The second-order valence-corrected chi connectivity index (χ2v) is 8.08. The zero-order valence-electron chi connectivity index (χ0n) is 17.7. The number of aromatic nitrogens is 2. The van der Waals surface area contributed by atoms with Crippen molar-refractivity contribution in [2.45, 2.75) is 20.0 Å². The SMILES string of the molecule is COC(=O)[C@@H](C)Oc1ccc2ccccc2c1C=Nn1c(C)nc2ccc(Br)cc2c1=O. The second kappa shape index (κ2) is 8.92. The zero-order chi connectivity index (χ0) is 22.8. The highest BCUT2D eigenvalue weighted by Gasteiger charge is 2.18. The van der Waals surface area contributed by atoms with E-state index in [9.17, 15) is 9.59 Å². The standard InChI is InChI=1S/C24H20BrN3O4/c1-14(24(30)31-3)32-22-11-8-16-6-4-5-7-18(16)20(22)13-26-28-15(2)27-21-10-9-17(25)12-19(21)23(28)29/h4-14H,1-3H3/t14-/m1/s1. The topological polar surface area (TPSA) is 82.8 Å². The van der Waals surface area contributed by atoms with Gasteiger partial charge in [0, 0.05) is 10.0 Å². The molecule has 0 aliphatic heterocycles. The van der Waals surface area contributed by atoms with E-state index in [-0.39, 0.29) is 5.56 Å². The number of hydrogen-bond acceptors (Lipinski definition) is 6. The fourth-order valence-electron chi connectivity index (χ4n) is 3.43. The van der Waals surface area contributed by atoms with Gasteiger partial charge in [0.25, 0.3) is 5.56 Å². The number of hydrogen-bond donors (Lipinski definition) is 0. The lowest BCUT2D eigenvalue weighted by Gasteiger charge is -2.16. The third-order valence-corrected chi connectivity index (χ3v) is 5.53. The Morgan fingerprint density at radius 3 is 2.72 bits per heavy atom. The van der Waals surface area contributed by atoms with Crippen LogP contribution in [0.15, 0.2) is 69.0 Å². The van der Waals surface area contributed by atoms with Crippen molar-refractivity contribution in [2.75, 3.05) is 7.11 Å². The fraction of sp³-hybridized carbons (Fsp3) is 0.167. The van der Waals surface area contributed by atoms with Crippen molar-refractivity contribution in [3.05, 3.63) is 80.8 Å². The third kappa shape index (κ3) is 4.13. The van der Waals surface area contributed by atoms with E-state index in [1.807, 2.05) is 36.4 Å². The molecule has 0 N–H and O–H groups in total. The van der Waals surface area contributed by atoms with E-state index in [4.69, 9.17) is 9.47 Å². The molecule has 4 rings (SSSR count). The summed E-state index contributed by atoms with van der Waals surface area (Å²) in [4.78, 5) is 29.4. The smallest absolute Gasteiger partial charge is 0.346 e. The number of carbonyl (C=O) groups excluding carboxylic acids is 1. The van der Waals surface area contributed by atoms with E-state index in [0.29, 0.717) is 28.0 Å². The predicted octanol–water partition coefficient (Wildman–Crippen LogP) is 4.44. The van der Waals surface area contributed by atoms with E-state index >= 15 is 0 Å². The molecule has 0 aliphatic rings. The van der Waals surface area contributed by atoms with Crippen LogP contribution in [0, 0.1) is 6.92 Å². The third-order valence-electron chi connectivity index (χ3n) is 5.04. The van der Waals surface area contributed by atoms with Gasteiger partial charge in [0.15, 0.2) is 6.10 Å². The van der Waals surface area contributed by atoms with Crippen LogP contribution in [0.2, 0.25) is 0 Å². The first-order valence-electron chi connectivity index (χ1n) is 9.88. The second-order valence-electron chi connectivity index (χ2n) is 7.16. The van der Waals surface area contributed by atoms with Gasteiger partial charge in [-0.15, -0.1) is 0 Å². The minimum absolute atomic E-state index is 0.282. The van der Waals surface area contributed by atoms with E-state index in [1.165, 1.54) is 11.8 Å². The van der Waals surface area contributed by atoms with Gasteiger partial charge in [-0.05, 0) is 48.9 Å². The van der Waals surface area contributed by atoms with Gasteiger partial charge in [0.2, 0.25) is 0 Å². The van der Waals surface area contributed by atoms with Crippen molar-refractivity contribution in [1.82, 2.24) is 9.66 Å². The maximum atomic E-state index is 13.1. The number of aryl methyl sites for hydroxylation is 1. The van der Waals surface area contributed by atoms with Crippen molar-refractivity contribution in [1.29, 1.82) is 0 Å². The number of fused-ring (bicyclic) bond motifs is 2. The maximum absolute atomic E-state index is 13.1. The lowest BCUT2D eigenvalue weighted by Crippen LogP contribution is -2.25. The highest BCUT2D eigenvalue weighted by Crippen LogP contribution is 2.28. The van der Waals surface area contributed by atoms with Gasteiger partial charge in [-0.2, -0.15) is 9.78 Å². The molecule has 3 aromatic carbocycles. The number of benzene rings is 3. The summed E-state index contributed by atoms with van der Waals surface area (Å²) in [5.41, 5.74) is 0.957. The van der Waals surface area contributed by atoms with E-state index in [0.717, 1.165) is 15.2 Å². The molecule has 1 atom stereocenters. The molecule has 0 spiro atoms. The molecular weight excluding hydrogens is 474 g/mol. The first-order valence-corrected chi connectivity index (χ1v) is 10.7. The summed E-state index contributed by atoms with van der Waals surface area (Å²) in [6, 6.07) is 16.7. The van der Waals surface area contributed by atoms with E-state index in [2.05, 4.69) is 26.0 Å². The summed E-state index contributed by atoms with van der Waals surface area (Å²) < 4.78 is 12.7. The van der Waals surface area contributed by atoms with Gasteiger partial charge in [-0.3, -0.25) is 4.79 Å². The molecule has 0 radical (unpaired) electrons. The molecule has 32 heavy (non-hydrogen) atoms. The quantitative estimate of drug-likeness (QED) is 0.303. The zero-order valence-corrected chi connectivity index (χ0v) is 19.3. The molecule has 0 aliphatic carbocycles. The van der Waals surface area contributed by atoms with Crippen LogP contribution in [-0.4, -0.2) is 35.1 Å². The predicted molar refractivity (Wildman–Crippen MR) is 127 cm³/mol. The van der Waals surface area contributed by atoms with Crippen LogP contribution in [0.3, 0.4) is 0 Å². The average Bonchev–Trinajstić information content (AvgIpc) is 2.79. The summed E-state index contributed by atoms with van der Waals surface area (Å²) in [7, 11) is 1.31. The van der Waals surface area contributed by atoms with Gasteiger partial charge in [-0.25, -0.2) is 9.78 Å². The number of ether oxygens (including phenoxy) is 2. The van der Waals surface area contributed by atoms with Gasteiger partial charge < -0.3 is 9.47 Å². The number of esters is 1. The molecule has 8 heteroatoms. The molecule has 0 bridgehead atoms. The molecule has 1 heterocycles. The largest absolute Gasteiger partial charge is 0.478 e.